The highest BCUT2D eigenvalue weighted by atomic mass is 32.1. The molecule has 0 bridgehead atoms. The van der Waals surface area contributed by atoms with Gasteiger partial charge in [-0.3, -0.25) is 9.59 Å². The van der Waals surface area contributed by atoms with Crippen molar-refractivity contribution in [1.29, 1.82) is 0 Å². The van der Waals surface area contributed by atoms with E-state index in [0.717, 1.165) is 17.7 Å². The lowest BCUT2D eigenvalue weighted by Gasteiger charge is -2.31. The average Bonchev–Trinajstić information content (AvgIpc) is 3.06. The predicted octanol–water partition coefficient (Wildman–Crippen LogP) is 3.50. The van der Waals surface area contributed by atoms with Crippen molar-refractivity contribution >= 4 is 28.3 Å². The number of carbonyl (C=O) groups is 2. The highest BCUT2D eigenvalue weighted by Gasteiger charge is 2.28. The number of carbonyl (C=O) groups excluding carboxylic acids is 2. The Morgan fingerprint density at radius 3 is 2.48 bits per heavy atom. The van der Waals surface area contributed by atoms with Crippen molar-refractivity contribution in [3.63, 3.8) is 0 Å². The van der Waals surface area contributed by atoms with E-state index in [1.807, 2.05) is 41.5 Å². The summed E-state index contributed by atoms with van der Waals surface area (Å²) in [5.74, 6) is 0.00142. The number of piperidine rings is 1. The maximum atomic E-state index is 12.6. The molecule has 6 heteroatoms. The summed E-state index contributed by atoms with van der Waals surface area (Å²) in [5.41, 5.74) is 2.86. The lowest BCUT2D eigenvalue weighted by molar-refractivity contribution is -0.121. The van der Waals surface area contributed by atoms with Gasteiger partial charge >= 0.3 is 0 Å². The second kappa shape index (κ2) is 7.78. The first kappa shape index (κ1) is 17.6. The molecule has 1 aromatic carbocycles. The lowest BCUT2D eigenvalue weighted by atomic mass is 9.95. The molecule has 0 aliphatic carbocycles. The van der Waals surface area contributed by atoms with E-state index in [0.29, 0.717) is 31.1 Å². The van der Waals surface area contributed by atoms with Gasteiger partial charge in [0.2, 0.25) is 5.91 Å². The number of amides is 2. The van der Waals surface area contributed by atoms with Crippen molar-refractivity contribution in [3.8, 4) is 0 Å². The fourth-order valence-corrected chi connectivity index (χ4v) is 3.72. The summed E-state index contributed by atoms with van der Waals surface area (Å²) >= 11 is 1.44. The number of aromatic nitrogens is 1. The van der Waals surface area contributed by atoms with Crippen molar-refractivity contribution < 1.29 is 9.59 Å². The zero-order valence-corrected chi connectivity index (χ0v) is 15.4. The number of rotatable bonds is 4. The zero-order chi connectivity index (χ0) is 17.8. The van der Waals surface area contributed by atoms with E-state index >= 15 is 0 Å². The molecule has 2 heterocycles. The van der Waals surface area contributed by atoms with E-state index in [4.69, 9.17) is 0 Å². The van der Waals surface area contributed by atoms with Crippen LogP contribution in [0.3, 0.4) is 0 Å². The average molecular weight is 357 g/mol. The van der Waals surface area contributed by atoms with E-state index < -0.39 is 0 Å². The first-order valence-electron chi connectivity index (χ1n) is 8.68. The zero-order valence-electron chi connectivity index (χ0n) is 14.6. The van der Waals surface area contributed by atoms with Crippen LogP contribution in [0.25, 0.3) is 0 Å². The SMILES string of the molecule is CCc1ccc(C(=O)N2CCC(C(=O)Nc3nc(C)cs3)CC2)cc1. The van der Waals surface area contributed by atoms with Crippen LogP contribution in [0.1, 0.15) is 41.4 Å². The second-order valence-corrected chi connectivity index (χ2v) is 7.26. The summed E-state index contributed by atoms with van der Waals surface area (Å²) in [4.78, 5) is 31.0. The largest absolute Gasteiger partial charge is 0.339 e. The summed E-state index contributed by atoms with van der Waals surface area (Å²) in [7, 11) is 0. The van der Waals surface area contributed by atoms with E-state index in [1.54, 1.807) is 0 Å². The van der Waals surface area contributed by atoms with E-state index in [-0.39, 0.29) is 17.7 Å². The molecule has 5 nitrogen and oxygen atoms in total. The number of hydrogen-bond acceptors (Lipinski definition) is 4. The monoisotopic (exact) mass is 357 g/mol. The van der Waals surface area contributed by atoms with Crippen LogP contribution >= 0.6 is 11.3 Å². The van der Waals surface area contributed by atoms with Gasteiger partial charge in [0.1, 0.15) is 0 Å². The van der Waals surface area contributed by atoms with Crippen molar-refractivity contribution in [1.82, 2.24) is 9.88 Å². The first-order chi connectivity index (χ1) is 12.1. The van der Waals surface area contributed by atoms with Crippen LogP contribution in [0.5, 0.6) is 0 Å². The standard InChI is InChI=1S/C19H23N3O2S/c1-3-14-4-6-16(7-5-14)18(24)22-10-8-15(9-11-22)17(23)21-19-20-13(2)12-25-19/h4-7,12,15H,3,8-11H2,1-2H3,(H,20,21,23). The number of nitrogens with one attached hydrogen (secondary N) is 1. The number of thiazole rings is 1. The molecule has 1 aliphatic rings. The van der Waals surface area contributed by atoms with Crippen LogP contribution in [0.15, 0.2) is 29.6 Å². The van der Waals surface area contributed by atoms with Crippen LogP contribution in [-0.4, -0.2) is 34.8 Å². The Labute approximate surface area is 152 Å². The Kier molecular flexibility index (Phi) is 5.48. The van der Waals surface area contributed by atoms with Crippen molar-refractivity contribution in [3.05, 3.63) is 46.5 Å². The molecular formula is C19H23N3O2S. The molecule has 132 valence electrons. The van der Waals surface area contributed by atoms with Gasteiger partial charge in [-0.2, -0.15) is 0 Å². The lowest BCUT2D eigenvalue weighted by Crippen LogP contribution is -2.41. The molecule has 1 saturated heterocycles. The Balaban J connectivity index is 1.53. The summed E-state index contributed by atoms with van der Waals surface area (Å²) in [5, 5.41) is 5.45. The van der Waals surface area contributed by atoms with Crippen LogP contribution in [-0.2, 0) is 11.2 Å². The molecule has 1 fully saturated rings. The fourth-order valence-electron chi connectivity index (χ4n) is 3.03. The van der Waals surface area contributed by atoms with E-state index in [2.05, 4.69) is 17.2 Å². The Morgan fingerprint density at radius 1 is 1.24 bits per heavy atom. The minimum Gasteiger partial charge on any atom is -0.339 e. The fraction of sp³-hybridized carbons (Fsp3) is 0.421. The van der Waals surface area contributed by atoms with Gasteiger partial charge in [0, 0.05) is 30.0 Å². The first-order valence-corrected chi connectivity index (χ1v) is 9.56. The number of anilines is 1. The third-order valence-corrected chi connectivity index (χ3v) is 5.49. The number of hydrogen-bond donors (Lipinski definition) is 1. The molecule has 0 spiro atoms. The maximum absolute atomic E-state index is 12.6. The topological polar surface area (TPSA) is 62.3 Å². The molecule has 1 aliphatic heterocycles. The van der Waals surface area contributed by atoms with E-state index in [1.165, 1.54) is 16.9 Å². The van der Waals surface area contributed by atoms with Gasteiger partial charge in [0.25, 0.3) is 5.91 Å². The van der Waals surface area contributed by atoms with Gasteiger partial charge in [-0.05, 0) is 43.9 Å². The minimum absolute atomic E-state index is 0.00810. The Hall–Kier alpha value is -2.21. The van der Waals surface area contributed by atoms with Gasteiger partial charge in [0.05, 0.1) is 5.69 Å². The predicted molar refractivity (Wildman–Crippen MR) is 99.9 cm³/mol. The minimum atomic E-state index is -0.0595. The third-order valence-electron chi connectivity index (χ3n) is 4.61. The summed E-state index contributed by atoms with van der Waals surface area (Å²) in [6, 6.07) is 7.79. The van der Waals surface area contributed by atoms with Crippen LogP contribution in [0.4, 0.5) is 5.13 Å². The Morgan fingerprint density at radius 2 is 1.92 bits per heavy atom. The maximum Gasteiger partial charge on any atom is 0.253 e. The molecule has 1 N–H and O–H groups in total. The summed E-state index contributed by atoms with van der Waals surface area (Å²) in [6.45, 7) is 5.23. The van der Waals surface area contributed by atoms with Gasteiger partial charge in [-0.25, -0.2) is 4.98 Å². The molecule has 1 aromatic heterocycles. The molecular weight excluding hydrogens is 334 g/mol. The van der Waals surface area contributed by atoms with Crippen molar-refractivity contribution in [2.75, 3.05) is 18.4 Å². The number of aryl methyl sites for hydroxylation is 2. The second-order valence-electron chi connectivity index (χ2n) is 6.40. The molecule has 3 rings (SSSR count). The van der Waals surface area contributed by atoms with Gasteiger partial charge in [0.15, 0.2) is 5.13 Å². The van der Waals surface area contributed by atoms with Crippen molar-refractivity contribution in [2.45, 2.75) is 33.1 Å². The quantitative estimate of drug-likeness (QED) is 0.911. The highest BCUT2D eigenvalue weighted by molar-refractivity contribution is 7.13. The normalized spacial score (nSPS) is 15.2. The Bertz CT molecular complexity index is 746. The molecule has 0 saturated carbocycles. The molecule has 0 atom stereocenters. The summed E-state index contributed by atoms with van der Waals surface area (Å²) in [6.07, 6.45) is 2.34. The van der Waals surface area contributed by atoms with Gasteiger partial charge < -0.3 is 10.2 Å². The molecule has 0 radical (unpaired) electrons. The van der Waals surface area contributed by atoms with Gasteiger partial charge in [-0.15, -0.1) is 11.3 Å². The number of nitrogens with zero attached hydrogens (tertiary/aromatic N) is 2. The van der Waals surface area contributed by atoms with E-state index in [9.17, 15) is 9.59 Å². The molecule has 25 heavy (non-hydrogen) atoms. The van der Waals surface area contributed by atoms with Gasteiger partial charge in [-0.1, -0.05) is 19.1 Å². The van der Waals surface area contributed by atoms with Crippen LogP contribution in [0, 0.1) is 12.8 Å². The number of likely N-dealkylation sites (tertiary alicyclic amines) is 1. The number of benzene rings is 1. The third kappa shape index (κ3) is 4.25. The smallest absolute Gasteiger partial charge is 0.253 e. The summed E-state index contributed by atoms with van der Waals surface area (Å²) < 4.78 is 0. The molecule has 2 amide bonds. The molecule has 0 unspecified atom stereocenters. The van der Waals surface area contributed by atoms with Crippen LogP contribution in [0.2, 0.25) is 0 Å². The van der Waals surface area contributed by atoms with Crippen molar-refractivity contribution in [2.24, 2.45) is 5.92 Å². The molecule has 2 aromatic rings. The highest BCUT2D eigenvalue weighted by Crippen LogP contribution is 2.22. The van der Waals surface area contributed by atoms with Crippen LogP contribution < -0.4 is 5.32 Å².